The number of aromatic nitrogens is 2. The van der Waals surface area contributed by atoms with Gasteiger partial charge < -0.3 is 9.64 Å². The van der Waals surface area contributed by atoms with Crippen molar-refractivity contribution < 1.29 is 9.53 Å². The van der Waals surface area contributed by atoms with Crippen LogP contribution in [0.4, 0.5) is 0 Å². The quantitative estimate of drug-likeness (QED) is 0.685. The van der Waals surface area contributed by atoms with Gasteiger partial charge in [0, 0.05) is 31.5 Å². The van der Waals surface area contributed by atoms with E-state index < -0.39 is 0 Å². The number of ether oxygens (including phenoxy) is 1. The van der Waals surface area contributed by atoms with Crippen LogP contribution in [-0.4, -0.2) is 34.3 Å². The molecule has 1 amide bonds. The minimum atomic E-state index is -0.157. The van der Waals surface area contributed by atoms with Gasteiger partial charge in [0.2, 0.25) is 5.91 Å². The van der Waals surface area contributed by atoms with Crippen molar-refractivity contribution in [1.29, 1.82) is 5.26 Å². The zero-order chi connectivity index (χ0) is 19.1. The van der Waals surface area contributed by atoms with Crippen molar-refractivity contribution >= 4 is 5.91 Å². The van der Waals surface area contributed by atoms with E-state index in [4.69, 9.17) is 10.00 Å². The molecule has 1 aromatic heterocycles. The first-order valence-corrected chi connectivity index (χ1v) is 8.42. The van der Waals surface area contributed by atoms with Gasteiger partial charge in [-0.2, -0.15) is 10.4 Å². The fraction of sp³-hybridized carbons (Fsp3) is 0.350. The maximum Gasteiger partial charge on any atom is 0.246 e. The normalized spacial score (nSPS) is 10.4. The largest absolute Gasteiger partial charge is 0.383 e. The van der Waals surface area contributed by atoms with Crippen molar-refractivity contribution in [2.24, 2.45) is 0 Å². The van der Waals surface area contributed by atoms with Gasteiger partial charge >= 0.3 is 0 Å². The molecule has 26 heavy (non-hydrogen) atoms. The number of hydrogen-bond donors (Lipinski definition) is 0. The van der Waals surface area contributed by atoms with E-state index in [0.717, 1.165) is 22.5 Å². The highest BCUT2D eigenvalue weighted by Crippen LogP contribution is 2.18. The van der Waals surface area contributed by atoms with E-state index in [1.807, 2.05) is 30.7 Å². The van der Waals surface area contributed by atoms with Gasteiger partial charge in [-0.25, -0.2) is 0 Å². The van der Waals surface area contributed by atoms with Gasteiger partial charge in [0.25, 0.3) is 0 Å². The summed E-state index contributed by atoms with van der Waals surface area (Å²) in [4.78, 5) is 14.1. The molecule has 0 saturated heterocycles. The first kappa shape index (κ1) is 19.4. The topological polar surface area (TPSA) is 71.2 Å². The Morgan fingerprint density at radius 2 is 2.19 bits per heavy atom. The van der Waals surface area contributed by atoms with Crippen LogP contribution in [0.5, 0.6) is 0 Å². The standard InChI is InChI=1S/C20H24N4O2/c1-5-20(25)23(13-18-8-6-7-17(11-18)12-21)14-19-15(2)22-24(16(19)3)9-10-26-4/h5-8,11H,1,9-10,13-14H2,2-4H3. The molecule has 0 fully saturated rings. The van der Waals surface area contributed by atoms with Crippen molar-refractivity contribution in [3.05, 3.63) is 65.0 Å². The number of nitriles is 1. The lowest BCUT2D eigenvalue weighted by molar-refractivity contribution is -0.127. The summed E-state index contributed by atoms with van der Waals surface area (Å²) in [5.74, 6) is -0.157. The third-order valence-electron chi connectivity index (χ3n) is 4.30. The van der Waals surface area contributed by atoms with Crippen LogP contribution in [0, 0.1) is 25.2 Å². The Balaban J connectivity index is 2.26. The molecule has 0 unspecified atom stereocenters. The van der Waals surface area contributed by atoms with Crippen molar-refractivity contribution in [2.45, 2.75) is 33.5 Å². The van der Waals surface area contributed by atoms with Crippen LogP contribution in [0.15, 0.2) is 36.9 Å². The number of benzene rings is 1. The van der Waals surface area contributed by atoms with Crippen molar-refractivity contribution in [1.82, 2.24) is 14.7 Å². The van der Waals surface area contributed by atoms with Crippen LogP contribution >= 0.6 is 0 Å². The van der Waals surface area contributed by atoms with E-state index in [-0.39, 0.29) is 5.91 Å². The van der Waals surface area contributed by atoms with Gasteiger partial charge in [-0.1, -0.05) is 18.7 Å². The van der Waals surface area contributed by atoms with Gasteiger partial charge in [-0.05, 0) is 37.6 Å². The van der Waals surface area contributed by atoms with Crippen molar-refractivity contribution in [2.75, 3.05) is 13.7 Å². The minimum absolute atomic E-state index is 0.157. The van der Waals surface area contributed by atoms with Gasteiger partial charge in [0.15, 0.2) is 0 Å². The zero-order valence-corrected chi connectivity index (χ0v) is 15.5. The summed E-state index contributed by atoms with van der Waals surface area (Å²) in [5, 5.41) is 13.6. The maximum absolute atomic E-state index is 12.4. The van der Waals surface area contributed by atoms with Gasteiger partial charge in [0.05, 0.1) is 30.5 Å². The molecule has 2 aromatic rings. The average molecular weight is 352 g/mol. The molecule has 0 N–H and O–H groups in total. The Morgan fingerprint density at radius 3 is 2.85 bits per heavy atom. The smallest absolute Gasteiger partial charge is 0.246 e. The molecule has 0 aliphatic heterocycles. The third kappa shape index (κ3) is 4.58. The summed E-state index contributed by atoms with van der Waals surface area (Å²) in [5.41, 5.74) is 4.42. The number of amides is 1. The predicted molar refractivity (Wildman–Crippen MR) is 99.2 cm³/mol. The molecular formula is C20H24N4O2. The third-order valence-corrected chi connectivity index (χ3v) is 4.30. The van der Waals surface area contributed by atoms with Gasteiger partial charge in [-0.3, -0.25) is 9.48 Å². The highest BCUT2D eigenvalue weighted by Gasteiger charge is 2.18. The molecule has 0 saturated carbocycles. The number of hydrogen-bond acceptors (Lipinski definition) is 4. The molecular weight excluding hydrogens is 328 g/mol. The number of nitrogens with zero attached hydrogens (tertiary/aromatic N) is 4. The first-order chi connectivity index (χ1) is 12.5. The molecule has 2 rings (SSSR count). The van der Waals surface area contributed by atoms with E-state index in [2.05, 4.69) is 17.7 Å². The van der Waals surface area contributed by atoms with Gasteiger partial charge in [0.1, 0.15) is 0 Å². The van der Waals surface area contributed by atoms with Crippen LogP contribution in [0.1, 0.15) is 28.1 Å². The van der Waals surface area contributed by atoms with Crippen LogP contribution in [0.3, 0.4) is 0 Å². The molecule has 0 radical (unpaired) electrons. The molecule has 136 valence electrons. The predicted octanol–water partition coefficient (Wildman–Crippen LogP) is 2.73. The highest BCUT2D eigenvalue weighted by molar-refractivity contribution is 5.87. The second-order valence-electron chi connectivity index (χ2n) is 6.08. The van der Waals surface area contributed by atoms with Crippen molar-refractivity contribution in [3.63, 3.8) is 0 Å². The Kier molecular flexibility index (Phi) is 6.70. The second kappa shape index (κ2) is 8.97. The fourth-order valence-corrected chi connectivity index (χ4v) is 2.85. The molecule has 0 aliphatic rings. The summed E-state index contributed by atoms with van der Waals surface area (Å²) in [6.45, 7) is 9.64. The first-order valence-electron chi connectivity index (χ1n) is 8.42. The number of carbonyl (C=O) groups is 1. The molecule has 6 heteroatoms. The Morgan fingerprint density at radius 1 is 1.42 bits per heavy atom. The Hall–Kier alpha value is -2.91. The monoisotopic (exact) mass is 352 g/mol. The number of methoxy groups -OCH3 is 1. The van der Waals surface area contributed by atoms with Crippen LogP contribution in [0.2, 0.25) is 0 Å². The highest BCUT2D eigenvalue weighted by atomic mass is 16.5. The molecule has 1 heterocycles. The Labute approximate surface area is 154 Å². The summed E-state index contributed by atoms with van der Waals surface area (Å²) < 4.78 is 7.03. The zero-order valence-electron chi connectivity index (χ0n) is 15.5. The molecule has 0 aliphatic carbocycles. The molecule has 0 spiro atoms. The van der Waals surface area contributed by atoms with E-state index in [1.54, 1.807) is 24.1 Å². The minimum Gasteiger partial charge on any atom is -0.383 e. The Bertz CT molecular complexity index is 833. The summed E-state index contributed by atoms with van der Waals surface area (Å²) >= 11 is 0. The fourth-order valence-electron chi connectivity index (χ4n) is 2.85. The van der Waals surface area contributed by atoms with E-state index in [1.165, 1.54) is 6.08 Å². The lowest BCUT2D eigenvalue weighted by atomic mass is 10.1. The molecule has 0 atom stereocenters. The number of aryl methyl sites for hydroxylation is 1. The lowest BCUT2D eigenvalue weighted by Crippen LogP contribution is -2.29. The van der Waals surface area contributed by atoms with E-state index >= 15 is 0 Å². The summed E-state index contributed by atoms with van der Waals surface area (Å²) in [6.07, 6.45) is 1.31. The summed E-state index contributed by atoms with van der Waals surface area (Å²) in [6, 6.07) is 9.40. The van der Waals surface area contributed by atoms with Crippen LogP contribution < -0.4 is 0 Å². The maximum atomic E-state index is 12.4. The van der Waals surface area contributed by atoms with Crippen molar-refractivity contribution in [3.8, 4) is 6.07 Å². The van der Waals surface area contributed by atoms with E-state index in [9.17, 15) is 4.79 Å². The molecule has 1 aromatic carbocycles. The second-order valence-corrected chi connectivity index (χ2v) is 6.08. The molecule has 0 bridgehead atoms. The lowest BCUT2D eigenvalue weighted by Gasteiger charge is -2.22. The van der Waals surface area contributed by atoms with Crippen LogP contribution in [-0.2, 0) is 29.2 Å². The SMILES string of the molecule is C=CC(=O)N(Cc1cccc(C#N)c1)Cc1c(C)nn(CCOC)c1C. The summed E-state index contributed by atoms with van der Waals surface area (Å²) in [7, 11) is 1.66. The van der Waals surface area contributed by atoms with Crippen LogP contribution in [0.25, 0.3) is 0 Å². The number of carbonyl (C=O) groups excluding carboxylic acids is 1. The number of rotatable bonds is 8. The molecule has 6 nitrogen and oxygen atoms in total. The average Bonchev–Trinajstić information content (AvgIpc) is 2.92. The van der Waals surface area contributed by atoms with E-state index in [0.29, 0.717) is 31.8 Å². The van der Waals surface area contributed by atoms with Gasteiger partial charge in [-0.15, -0.1) is 0 Å².